The number of nitrogens with two attached hydrogens (primary N) is 1. The number of anilines is 2. The molecule has 2 heterocycles. The average molecular weight is 274 g/mol. The Labute approximate surface area is 117 Å². The molecule has 1 unspecified atom stereocenters. The molecule has 0 radical (unpaired) electrons. The predicted molar refractivity (Wildman–Crippen MR) is 77.2 cm³/mol. The SMILES string of the molecule is CC(Cn1cccn1)Nc1cc2c(cc1N)OCCO2. The zero-order valence-electron chi connectivity index (χ0n) is 11.4. The molecule has 0 saturated heterocycles. The van der Waals surface area contributed by atoms with Gasteiger partial charge in [0.05, 0.1) is 17.9 Å². The van der Waals surface area contributed by atoms with Gasteiger partial charge in [-0.1, -0.05) is 0 Å². The molecule has 1 aliphatic heterocycles. The van der Waals surface area contributed by atoms with Gasteiger partial charge in [0.1, 0.15) is 13.2 Å². The van der Waals surface area contributed by atoms with Crippen molar-refractivity contribution in [3.8, 4) is 11.5 Å². The third-order valence-electron chi connectivity index (χ3n) is 3.14. The number of hydrogen-bond acceptors (Lipinski definition) is 5. The molecule has 6 heteroatoms. The Kier molecular flexibility index (Phi) is 3.37. The minimum Gasteiger partial charge on any atom is -0.486 e. The fourth-order valence-corrected chi connectivity index (χ4v) is 2.23. The largest absolute Gasteiger partial charge is 0.486 e. The summed E-state index contributed by atoms with van der Waals surface area (Å²) in [6.07, 6.45) is 3.70. The molecule has 0 amide bonds. The van der Waals surface area contributed by atoms with E-state index >= 15 is 0 Å². The molecule has 3 N–H and O–H groups in total. The van der Waals surface area contributed by atoms with E-state index in [2.05, 4.69) is 17.3 Å². The summed E-state index contributed by atoms with van der Waals surface area (Å²) in [5.41, 5.74) is 7.56. The highest BCUT2D eigenvalue weighted by Crippen LogP contribution is 2.37. The molecule has 3 rings (SSSR count). The quantitative estimate of drug-likeness (QED) is 0.831. The number of aromatic nitrogens is 2. The Morgan fingerprint density at radius 2 is 2.10 bits per heavy atom. The Morgan fingerprint density at radius 3 is 2.80 bits per heavy atom. The maximum atomic E-state index is 6.05. The molecule has 0 saturated carbocycles. The second-order valence-electron chi connectivity index (χ2n) is 4.86. The fraction of sp³-hybridized carbons (Fsp3) is 0.357. The van der Waals surface area contributed by atoms with Crippen LogP contribution >= 0.6 is 0 Å². The first-order valence-electron chi connectivity index (χ1n) is 6.65. The van der Waals surface area contributed by atoms with Crippen molar-refractivity contribution >= 4 is 11.4 Å². The third-order valence-corrected chi connectivity index (χ3v) is 3.14. The standard InChI is InChI=1S/C14H18N4O2/c1-10(9-18-4-2-3-16-18)17-12-8-14-13(7-11(12)15)19-5-6-20-14/h2-4,7-8,10,17H,5-6,9,15H2,1H3. The number of ether oxygens (including phenoxy) is 2. The Bertz CT molecular complexity index is 583. The van der Waals surface area contributed by atoms with Crippen molar-refractivity contribution in [3.63, 3.8) is 0 Å². The number of hydrogen-bond donors (Lipinski definition) is 2. The van der Waals surface area contributed by atoms with Gasteiger partial charge in [0.15, 0.2) is 11.5 Å². The van der Waals surface area contributed by atoms with Crippen LogP contribution < -0.4 is 20.5 Å². The van der Waals surface area contributed by atoms with Gasteiger partial charge in [0.2, 0.25) is 0 Å². The molecule has 1 aliphatic rings. The van der Waals surface area contributed by atoms with E-state index in [1.54, 1.807) is 12.3 Å². The smallest absolute Gasteiger partial charge is 0.163 e. The zero-order valence-corrected chi connectivity index (χ0v) is 11.4. The van der Waals surface area contributed by atoms with Crippen LogP contribution in [0.25, 0.3) is 0 Å². The van der Waals surface area contributed by atoms with Gasteiger partial charge in [-0.25, -0.2) is 0 Å². The van der Waals surface area contributed by atoms with Crippen molar-refractivity contribution in [3.05, 3.63) is 30.6 Å². The molecule has 1 aromatic carbocycles. The number of benzene rings is 1. The highest BCUT2D eigenvalue weighted by Gasteiger charge is 2.15. The maximum Gasteiger partial charge on any atom is 0.163 e. The monoisotopic (exact) mass is 274 g/mol. The first kappa shape index (κ1) is 12.7. The van der Waals surface area contributed by atoms with Gasteiger partial charge in [-0.15, -0.1) is 0 Å². The van der Waals surface area contributed by atoms with E-state index in [0.29, 0.717) is 24.7 Å². The third kappa shape index (κ3) is 2.64. The van der Waals surface area contributed by atoms with E-state index in [1.165, 1.54) is 0 Å². The summed E-state index contributed by atoms with van der Waals surface area (Å²) < 4.78 is 13.0. The number of nitrogens with zero attached hydrogens (tertiary/aromatic N) is 2. The fourth-order valence-electron chi connectivity index (χ4n) is 2.23. The van der Waals surface area contributed by atoms with E-state index in [4.69, 9.17) is 15.2 Å². The molecule has 106 valence electrons. The maximum absolute atomic E-state index is 6.05. The van der Waals surface area contributed by atoms with Gasteiger partial charge in [0, 0.05) is 30.6 Å². The van der Waals surface area contributed by atoms with E-state index in [1.807, 2.05) is 23.0 Å². The van der Waals surface area contributed by atoms with E-state index in [-0.39, 0.29) is 6.04 Å². The van der Waals surface area contributed by atoms with Crippen molar-refractivity contribution in [1.29, 1.82) is 0 Å². The van der Waals surface area contributed by atoms with E-state index in [9.17, 15) is 0 Å². The average Bonchev–Trinajstić information content (AvgIpc) is 2.92. The van der Waals surface area contributed by atoms with Crippen LogP contribution in [0.4, 0.5) is 11.4 Å². The second kappa shape index (κ2) is 5.32. The number of nitrogens with one attached hydrogen (secondary N) is 1. The van der Waals surface area contributed by atoms with Crippen LogP contribution in [0.2, 0.25) is 0 Å². The lowest BCUT2D eigenvalue weighted by atomic mass is 10.2. The summed E-state index contributed by atoms with van der Waals surface area (Å²) in [5.74, 6) is 1.44. The minimum absolute atomic E-state index is 0.194. The van der Waals surface area contributed by atoms with Crippen LogP contribution in [0.15, 0.2) is 30.6 Å². The summed E-state index contributed by atoms with van der Waals surface area (Å²) in [7, 11) is 0. The molecule has 0 fully saturated rings. The van der Waals surface area contributed by atoms with Crippen LogP contribution in [0.1, 0.15) is 6.92 Å². The topological polar surface area (TPSA) is 74.3 Å². The predicted octanol–water partition coefficient (Wildman–Crippen LogP) is 1.74. The van der Waals surface area contributed by atoms with Crippen molar-refractivity contribution in [1.82, 2.24) is 9.78 Å². The molecule has 1 atom stereocenters. The highest BCUT2D eigenvalue weighted by atomic mass is 16.6. The summed E-state index contributed by atoms with van der Waals surface area (Å²) in [6, 6.07) is 5.80. The zero-order chi connectivity index (χ0) is 13.9. The van der Waals surface area contributed by atoms with Gasteiger partial charge in [-0.2, -0.15) is 5.10 Å². The van der Waals surface area contributed by atoms with Gasteiger partial charge in [0.25, 0.3) is 0 Å². The van der Waals surface area contributed by atoms with Gasteiger partial charge < -0.3 is 20.5 Å². The molecule has 20 heavy (non-hydrogen) atoms. The summed E-state index contributed by atoms with van der Waals surface area (Å²) >= 11 is 0. The normalized spacial score (nSPS) is 14.8. The van der Waals surface area contributed by atoms with E-state index < -0.39 is 0 Å². The number of fused-ring (bicyclic) bond motifs is 1. The van der Waals surface area contributed by atoms with Crippen LogP contribution in [0.5, 0.6) is 11.5 Å². The van der Waals surface area contributed by atoms with Crippen molar-refractivity contribution < 1.29 is 9.47 Å². The van der Waals surface area contributed by atoms with Gasteiger partial charge in [-0.3, -0.25) is 4.68 Å². The van der Waals surface area contributed by atoms with Crippen molar-refractivity contribution in [2.45, 2.75) is 19.5 Å². The molecule has 2 aromatic rings. The molecule has 0 bridgehead atoms. The highest BCUT2D eigenvalue weighted by molar-refractivity contribution is 5.72. The van der Waals surface area contributed by atoms with Gasteiger partial charge >= 0.3 is 0 Å². The van der Waals surface area contributed by atoms with Crippen LogP contribution in [-0.2, 0) is 6.54 Å². The van der Waals surface area contributed by atoms with Gasteiger partial charge in [-0.05, 0) is 13.0 Å². The Morgan fingerprint density at radius 1 is 1.35 bits per heavy atom. The van der Waals surface area contributed by atoms with Crippen molar-refractivity contribution in [2.24, 2.45) is 0 Å². The first-order valence-corrected chi connectivity index (χ1v) is 6.65. The van der Waals surface area contributed by atoms with Crippen LogP contribution in [-0.4, -0.2) is 29.0 Å². The number of rotatable bonds is 4. The Hall–Kier alpha value is -2.37. The lowest BCUT2D eigenvalue weighted by Gasteiger charge is -2.22. The second-order valence-corrected chi connectivity index (χ2v) is 4.86. The molecule has 0 spiro atoms. The lowest BCUT2D eigenvalue weighted by molar-refractivity contribution is 0.172. The summed E-state index contributed by atoms with van der Waals surface area (Å²) in [5, 5.41) is 7.57. The minimum atomic E-state index is 0.194. The van der Waals surface area contributed by atoms with Crippen LogP contribution in [0.3, 0.4) is 0 Å². The van der Waals surface area contributed by atoms with Crippen molar-refractivity contribution in [2.75, 3.05) is 24.3 Å². The first-order chi connectivity index (χ1) is 9.72. The summed E-state index contributed by atoms with van der Waals surface area (Å²) in [4.78, 5) is 0. The van der Waals surface area contributed by atoms with E-state index in [0.717, 1.165) is 18.0 Å². The molecule has 1 aromatic heterocycles. The number of nitrogen functional groups attached to an aromatic ring is 1. The molecule has 6 nitrogen and oxygen atoms in total. The van der Waals surface area contributed by atoms with Crippen LogP contribution in [0, 0.1) is 0 Å². The Balaban J connectivity index is 1.73. The molecular formula is C14H18N4O2. The molecule has 0 aliphatic carbocycles. The lowest BCUT2D eigenvalue weighted by Crippen LogP contribution is -2.23. The summed E-state index contributed by atoms with van der Waals surface area (Å²) in [6.45, 7) is 3.98. The molecular weight excluding hydrogens is 256 g/mol.